The molecule has 0 aromatic heterocycles. The highest BCUT2D eigenvalue weighted by atomic mass is 16.7. The van der Waals surface area contributed by atoms with E-state index in [0.29, 0.717) is 51.0 Å². The molecular formula is C23H37N3O5. The second kappa shape index (κ2) is 8.70. The Morgan fingerprint density at radius 2 is 1.71 bits per heavy atom. The van der Waals surface area contributed by atoms with Gasteiger partial charge in [-0.25, -0.2) is 4.79 Å². The molecule has 8 nitrogen and oxygen atoms in total. The van der Waals surface area contributed by atoms with Crippen LogP contribution in [0.3, 0.4) is 0 Å². The second-order valence-corrected chi connectivity index (χ2v) is 10.3. The molecule has 4 fully saturated rings. The van der Waals surface area contributed by atoms with Gasteiger partial charge in [0.05, 0.1) is 13.2 Å². The lowest BCUT2D eigenvalue weighted by atomic mass is 9.65. The highest BCUT2D eigenvalue weighted by molar-refractivity contribution is 6.09. The Bertz CT molecular complexity index is 702. The van der Waals surface area contributed by atoms with E-state index in [1.807, 2.05) is 0 Å². The minimum absolute atomic E-state index is 0.157. The molecule has 0 radical (unpaired) electrons. The molecule has 174 valence electrons. The standard InChI is InChI=1S/C23H37N3O5/c1-4-22(2,3)17-5-9-23(10-6-17)20(28)26(21(29)24-23)15-18(27)25-11-7-16(8-12-25)19-30-13-14-31-19/h16-17,19H,4-15H2,1-3H3,(H,24,29). The molecule has 4 aliphatic rings. The summed E-state index contributed by atoms with van der Waals surface area (Å²) >= 11 is 0. The molecule has 0 unspecified atom stereocenters. The van der Waals surface area contributed by atoms with Gasteiger partial charge in [0.25, 0.3) is 5.91 Å². The van der Waals surface area contributed by atoms with E-state index >= 15 is 0 Å². The number of amides is 4. The molecule has 4 rings (SSSR count). The first-order valence-electron chi connectivity index (χ1n) is 11.9. The Morgan fingerprint density at radius 3 is 2.29 bits per heavy atom. The molecule has 8 heteroatoms. The fourth-order valence-corrected chi connectivity index (χ4v) is 5.64. The van der Waals surface area contributed by atoms with Crippen LogP contribution < -0.4 is 5.32 Å². The van der Waals surface area contributed by atoms with Gasteiger partial charge in [0.2, 0.25) is 5.91 Å². The zero-order chi connectivity index (χ0) is 22.2. The van der Waals surface area contributed by atoms with Crippen LogP contribution in [0.4, 0.5) is 4.79 Å². The number of nitrogens with one attached hydrogen (secondary N) is 1. The molecule has 1 aliphatic carbocycles. The van der Waals surface area contributed by atoms with E-state index in [-0.39, 0.29) is 30.1 Å². The first-order chi connectivity index (χ1) is 14.8. The summed E-state index contributed by atoms with van der Waals surface area (Å²) in [5.74, 6) is 0.473. The number of hydrogen-bond donors (Lipinski definition) is 1. The van der Waals surface area contributed by atoms with Crippen molar-refractivity contribution in [2.24, 2.45) is 17.3 Å². The van der Waals surface area contributed by atoms with Crippen LogP contribution in [0.5, 0.6) is 0 Å². The number of carbonyl (C=O) groups excluding carboxylic acids is 3. The van der Waals surface area contributed by atoms with E-state index in [9.17, 15) is 14.4 Å². The lowest BCUT2D eigenvalue weighted by molar-refractivity contribution is -0.142. The fraction of sp³-hybridized carbons (Fsp3) is 0.870. The number of imide groups is 1. The van der Waals surface area contributed by atoms with Gasteiger partial charge in [0.1, 0.15) is 12.1 Å². The molecule has 0 aromatic rings. The zero-order valence-electron chi connectivity index (χ0n) is 19.2. The van der Waals surface area contributed by atoms with Crippen molar-refractivity contribution in [3.05, 3.63) is 0 Å². The second-order valence-electron chi connectivity index (χ2n) is 10.3. The number of rotatable bonds is 5. The van der Waals surface area contributed by atoms with Crippen LogP contribution in [-0.2, 0) is 19.1 Å². The molecule has 3 heterocycles. The van der Waals surface area contributed by atoms with E-state index in [2.05, 4.69) is 26.1 Å². The molecule has 1 N–H and O–H groups in total. The summed E-state index contributed by atoms with van der Waals surface area (Å²) in [6.07, 6.45) is 5.73. The van der Waals surface area contributed by atoms with Gasteiger partial charge < -0.3 is 19.7 Å². The molecule has 1 saturated carbocycles. The molecule has 3 aliphatic heterocycles. The van der Waals surface area contributed by atoms with Crippen molar-refractivity contribution in [3.8, 4) is 0 Å². The maximum atomic E-state index is 13.2. The largest absolute Gasteiger partial charge is 0.350 e. The van der Waals surface area contributed by atoms with Gasteiger partial charge in [0, 0.05) is 19.0 Å². The van der Waals surface area contributed by atoms with Gasteiger partial charge in [0.15, 0.2) is 6.29 Å². The Balaban J connectivity index is 1.31. The van der Waals surface area contributed by atoms with E-state index in [0.717, 1.165) is 37.0 Å². The summed E-state index contributed by atoms with van der Waals surface area (Å²) in [4.78, 5) is 41.6. The van der Waals surface area contributed by atoms with Crippen LogP contribution >= 0.6 is 0 Å². The van der Waals surface area contributed by atoms with E-state index in [1.165, 1.54) is 0 Å². The van der Waals surface area contributed by atoms with Gasteiger partial charge >= 0.3 is 6.03 Å². The third-order valence-corrected chi connectivity index (χ3v) is 8.32. The molecule has 31 heavy (non-hydrogen) atoms. The normalized spacial score (nSPS) is 31.0. The minimum atomic E-state index is -0.818. The molecule has 0 bridgehead atoms. The predicted octanol–water partition coefficient (Wildman–Crippen LogP) is 2.51. The summed E-state index contributed by atoms with van der Waals surface area (Å²) in [5.41, 5.74) is -0.578. The van der Waals surface area contributed by atoms with Crippen molar-refractivity contribution < 1.29 is 23.9 Å². The Hall–Kier alpha value is -1.67. The first-order valence-corrected chi connectivity index (χ1v) is 11.9. The lowest BCUT2D eigenvalue weighted by Gasteiger charge is -2.42. The quantitative estimate of drug-likeness (QED) is 0.671. The number of likely N-dealkylation sites (tertiary alicyclic amines) is 1. The van der Waals surface area contributed by atoms with Crippen LogP contribution in [0, 0.1) is 17.3 Å². The minimum Gasteiger partial charge on any atom is -0.350 e. The smallest absolute Gasteiger partial charge is 0.325 e. The highest BCUT2D eigenvalue weighted by Gasteiger charge is 2.54. The average Bonchev–Trinajstić information content (AvgIpc) is 3.38. The van der Waals surface area contributed by atoms with Crippen molar-refractivity contribution >= 4 is 17.8 Å². The monoisotopic (exact) mass is 435 g/mol. The molecular weight excluding hydrogens is 398 g/mol. The van der Waals surface area contributed by atoms with Crippen molar-refractivity contribution in [1.82, 2.24) is 15.1 Å². The number of urea groups is 1. The van der Waals surface area contributed by atoms with Gasteiger partial charge in [-0.2, -0.15) is 0 Å². The van der Waals surface area contributed by atoms with Gasteiger partial charge in [-0.15, -0.1) is 0 Å². The number of carbonyl (C=O) groups is 3. The summed E-state index contributed by atoms with van der Waals surface area (Å²) in [6, 6.07) is -0.422. The Morgan fingerprint density at radius 1 is 1.10 bits per heavy atom. The summed E-state index contributed by atoms with van der Waals surface area (Å²) in [7, 11) is 0. The van der Waals surface area contributed by atoms with Crippen molar-refractivity contribution in [2.45, 2.75) is 77.5 Å². The number of hydrogen-bond acceptors (Lipinski definition) is 5. The summed E-state index contributed by atoms with van der Waals surface area (Å²) in [5, 5.41) is 2.95. The van der Waals surface area contributed by atoms with Crippen molar-refractivity contribution in [2.75, 3.05) is 32.8 Å². The maximum absolute atomic E-state index is 13.2. The Labute approximate surface area is 185 Å². The van der Waals surface area contributed by atoms with Crippen LogP contribution in [0.1, 0.15) is 65.7 Å². The molecule has 1 spiro atoms. The third-order valence-electron chi connectivity index (χ3n) is 8.32. The van der Waals surface area contributed by atoms with E-state index < -0.39 is 11.6 Å². The predicted molar refractivity (Wildman–Crippen MR) is 114 cm³/mol. The summed E-state index contributed by atoms with van der Waals surface area (Å²) < 4.78 is 11.2. The van der Waals surface area contributed by atoms with Crippen LogP contribution in [-0.4, -0.2) is 72.3 Å². The molecule has 0 aromatic carbocycles. The highest BCUT2D eigenvalue weighted by Crippen LogP contribution is 2.45. The molecule has 0 atom stereocenters. The van der Waals surface area contributed by atoms with E-state index in [4.69, 9.17) is 9.47 Å². The molecule has 3 saturated heterocycles. The van der Waals surface area contributed by atoms with Gasteiger partial charge in [-0.1, -0.05) is 27.2 Å². The van der Waals surface area contributed by atoms with Crippen LogP contribution in [0.2, 0.25) is 0 Å². The lowest BCUT2D eigenvalue weighted by Crippen LogP contribution is -2.51. The SMILES string of the molecule is CCC(C)(C)C1CCC2(CC1)NC(=O)N(CC(=O)N1CCC(C3OCCO3)CC1)C2=O. The number of piperidine rings is 1. The Kier molecular flexibility index (Phi) is 6.32. The van der Waals surface area contributed by atoms with Crippen LogP contribution in [0.25, 0.3) is 0 Å². The van der Waals surface area contributed by atoms with E-state index in [1.54, 1.807) is 4.90 Å². The maximum Gasteiger partial charge on any atom is 0.325 e. The van der Waals surface area contributed by atoms with Gasteiger partial charge in [-0.3, -0.25) is 14.5 Å². The summed E-state index contributed by atoms with van der Waals surface area (Å²) in [6.45, 7) is 9.08. The fourth-order valence-electron chi connectivity index (χ4n) is 5.64. The average molecular weight is 436 g/mol. The van der Waals surface area contributed by atoms with Gasteiger partial charge in [-0.05, 0) is 49.9 Å². The third kappa shape index (κ3) is 4.33. The topological polar surface area (TPSA) is 88.2 Å². The number of nitrogens with zero attached hydrogens (tertiary/aromatic N) is 2. The zero-order valence-corrected chi connectivity index (χ0v) is 19.2. The molecule has 4 amide bonds. The van der Waals surface area contributed by atoms with Crippen LogP contribution in [0.15, 0.2) is 0 Å². The number of ether oxygens (including phenoxy) is 2. The van der Waals surface area contributed by atoms with Crippen molar-refractivity contribution in [1.29, 1.82) is 0 Å². The van der Waals surface area contributed by atoms with Crippen molar-refractivity contribution in [3.63, 3.8) is 0 Å². The first kappa shape index (κ1) is 22.5.